The monoisotopic (exact) mass is 457 g/mol. The molecule has 6 nitrogen and oxygen atoms in total. The number of anilines is 2. The summed E-state index contributed by atoms with van der Waals surface area (Å²) in [5.41, 5.74) is 6.73. The van der Waals surface area contributed by atoms with E-state index >= 15 is 0 Å². The Kier molecular flexibility index (Phi) is 7.91. The first-order chi connectivity index (χ1) is 16.5. The molecule has 1 unspecified atom stereocenters. The SMILES string of the molecule is CCCC(=O)Nc1ccc(C2Cc3cnc(NCCCCN(C)C)nc3-c3ccccc32)cc1. The largest absolute Gasteiger partial charge is 0.354 e. The summed E-state index contributed by atoms with van der Waals surface area (Å²) in [5, 5.41) is 6.37. The lowest BCUT2D eigenvalue weighted by atomic mass is 9.78. The van der Waals surface area contributed by atoms with Crippen molar-refractivity contribution in [1.29, 1.82) is 0 Å². The molecular weight excluding hydrogens is 422 g/mol. The fraction of sp³-hybridized carbons (Fsp3) is 0.393. The smallest absolute Gasteiger partial charge is 0.224 e. The zero-order valence-electron chi connectivity index (χ0n) is 20.5. The molecule has 2 aromatic carbocycles. The number of hydrogen-bond donors (Lipinski definition) is 2. The average molecular weight is 458 g/mol. The zero-order chi connectivity index (χ0) is 23.9. The first-order valence-electron chi connectivity index (χ1n) is 12.3. The van der Waals surface area contributed by atoms with Crippen LogP contribution in [0.1, 0.15) is 55.2 Å². The van der Waals surface area contributed by atoms with Crippen molar-refractivity contribution in [1.82, 2.24) is 14.9 Å². The van der Waals surface area contributed by atoms with Gasteiger partial charge in [-0.2, -0.15) is 0 Å². The van der Waals surface area contributed by atoms with Crippen LogP contribution in [-0.2, 0) is 11.2 Å². The summed E-state index contributed by atoms with van der Waals surface area (Å²) in [6, 6.07) is 16.8. The third-order valence-corrected chi connectivity index (χ3v) is 6.27. The number of carbonyl (C=O) groups excluding carboxylic acids is 1. The molecule has 0 saturated heterocycles. The van der Waals surface area contributed by atoms with Gasteiger partial charge in [0.15, 0.2) is 0 Å². The van der Waals surface area contributed by atoms with Crippen molar-refractivity contribution in [2.24, 2.45) is 0 Å². The second-order valence-corrected chi connectivity index (χ2v) is 9.27. The maximum absolute atomic E-state index is 11.9. The van der Waals surface area contributed by atoms with Gasteiger partial charge < -0.3 is 15.5 Å². The van der Waals surface area contributed by atoms with Gasteiger partial charge >= 0.3 is 0 Å². The molecule has 0 fully saturated rings. The van der Waals surface area contributed by atoms with Gasteiger partial charge in [0.05, 0.1) is 5.69 Å². The lowest BCUT2D eigenvalue weighted by molar-refractivity contribution is -0.116. The summed E-state index contributed by atoms with van der Waals surface area (Å²) in [6.07, 6.45) is 6.46. The lowest BCUT2D eigenvalue weighted by Crippen LogP contribution is -2.16. The fourth-order valence-electron chi connectivity index (χ4n) is 4.52. The summed E-state index contributed by atoms with van der Waals surface area (Å²) in [4.78, 5) is 23.6. The second-order valence-electron chi connectivity index (χ2n) is 9.27. The maximum atomic E-state index is 11.9. The Balaban J connectivity index is 1.50. The van der Waals surface area contributed by atoms with Crippen LogP contribution in [0.25, 0.3) is 11.3 Å². The molecule has 178 valence electrons. The normalized spacial score (nSPS) is 14.4. The number of rotatable bonds is 10. The summed E-state index contributed by atoms with van der Waals surface area (Å²) >= 11 is 0. The number of benzene rings is 2. The molecule has 1 heterocycles. The summed E-state index contributed by atoms with van der Waals surface area (Å²) in [5.74, 6) is 0.994. The Morgan fingerprint density at radius 3 is 2.65 bits per heavy atom. The van der Waals surface area contributed by atoms with Crippen LogP contribution in [0.2, 0.25) is 0 Å². The molecule has 1 aromatic heterocycles. The third kappa shape index (κ3) is 5.81. The van der Waals surface area contributed by atoms with Crippen LogP contribution in [0.15, 0.2) is 54.7 Å². The number of hydrogen-bond acceptors (Lipinski definition) is 5. The van der Waals surface area contributed by atoms with Crippen LogP contribution in [0, 0.1) is 0 Å². The number of unbranched alkanes of at least 4 members (excludes halogenated alkanes) is 1. The molecule has 34 heavy (non-hydrogen) atoms. The first kappa shape index (κ1) is 23.9. The Morgan fingerprint density at radius 2 is 1.88 bits per heavy atom. The van der Waals surface area contributed by atoms with Gasteiger partial charge in [0.25, 0.3) is 0 Å². The molecule has 0 spiro atoms. The van der Waals surface area contributed by atoms with E-state index in [-0.39, 0.29) is 11.8 Å². The Hall–Kier alpha value is -3.25. The van der Waals surface area contributed by atoms with Crippen molar-refractivity contribution in [3.8, 4) is 11.3 Å². The highest BCUT2D eigenvalue weighted by Gasteiger charge is 2.27. The summed E-state index contributed by atoms with van der Waals surface area (Å²) in [7, 11) is 4.20. The number of amides is 1. The van der Waals surface area contributed by atoms with E-state index in [4.69, 9.17) is 4.98 Å². The van der Waals surface area contributed by atoms with Gasteiger partial charge in [-0.25, -0.2) is 9.97 Å². The van der Waals surface area contributed by atoms with Gasteiger partial charge in [0.2, 0.25) is 11.9 Å². The van der Waals surface area contributed by atoms with Gasteiger partial charge in [-0.3, -0.25) is 4.79 Å². The number of fused-ring (bicyclic) bond motifs is 3. The molecule has 0 aliphatic heterocycles. The van der Waals surface area contributed by atoms with Crippen LogP contribution in [0.5, 0.6) is 0 Å². The molecule has 0 radical (unpaired) electrons. The van der Waals surface area contributed by atoms with Crippen molar-refractivity contribution in [2.45, 2.75) is 44.9 Å². The van der Waals surface area contributed by atoms with Gasteiger partial charge in [0.1, 0.15) is 0 Å². The topological polar surface area (TPSA) is 70.2 Å². The number of aromatic nitrogens is 2. The summed E-state index contributed by atoms with van der Waals surface area (Å²) < 4.78 is 0. The molecule has 6 heteroatoms. The van der Waals surface area contributed by atoms with Crippen LogP contribution in [-0.4, -0.2) is 48.0 Å². The number of carbonyl (C=O) groups is 1. The number of nitrogens with zero attached hydrogens (tertiary/aromatic N) is 3. The minimum absolute atomic E-state index is 0.0615. The molecule has 3 aromatic rings. The summed E-state index contributed by atoms with van der Waals surface area (Å²) in [6.45, 7) is 3.97. The molecule has 2 N–H and O–H groups in total. The molecule has 1 atom stereocenters. The Bertz CT molecular complexity index is 1110. The highest BCUT2D eigenvalue weighted by molar-refractivity contribution is 5.90. The van der Waals surface area contributed by atoms with E-state index in [1.807, 2.05) is 25.3 Å². The predicted molar refractivity (Wildman–Crippen MR) is 139 cm³/mol. The minimum Gasteiger partial charge on any atom is -0.354 e. The van der Waals surface area contributed by atoms with E-state index in [2.05, 4.69) is 71.0 Å². The number of nitrogens with one attached hydrogen (secondary N) is 2. The van der Waals surface area contributed by atoms with Crippen molar-refractivity contribution in [3.63, 3.8) is 0 Å². The van der Waals surface area contributed by atoms with E-state index in [1.165, 1.54) is 22.3 Å². The van der Waals surface area contributed by atoms with Crippen molar-refractivity contribution in [2.75, 3.05) is 37.8 Å². The van der Waals surface area contributed by atoms with Crippen LogP contribution in [0.4, 0.5) is 11.6 Å². The minimum atomic E-state index is 0.0615. The van der Waals surface area contributed by atoms with Gasteiger partial charge in [-0.05, 0) is 75.1 Å². The van der Waals surface area contributed by atoms with E-state index in [9.17, 15) is 4.79 Å². The highest BCUT2D eigenvalue weighted by Crippen LogP contribution is 2.42. The predicted octanol–water partition coefficient (Wildman–Crippen LogP) is 5.32. The molecule has 4 rings (SSSR count). The maximum Gasteiger partial charge on any atom is 0.224 e. The molecule has 0 saturated carbocycles. The molecule has 0 bridgehead atoms. The van der Waals surface area contributed by atoms with Crippen LogP contribution >= 0.6 is 0 Å². The highest BCUT2D eigenvalue weighted by atomic mass is 16.1. The van der Waals surface area contributed by atoms with Crippen molar-refractivity contribution >= 4 is 17.5 Å². The first-order valence-corrected chi connectivity index (χ1v) is 12.3. The average Bonchev–Trinajstić information content (AvgIpc) is 2.84. The Labute approximate surface area is 202 Å². The van der Waals surface area contributed by atoms with Gasteiger partial charge in [-0.15, -0.1) is 0 Å². The molecule has 1 aliphatic rings. The van der Waals surface area contributed by atoms with E-state index in [0.29, 0.717) is 12.4 Å². The molecular formula is C28H35N5O. The van der Waals surface area contributed by atoms with Crippen molar-refractivity contribution in [3.05, 3.63) is 71.4 Å². The zero-order valence-corrected chi connectivity index (χ0v) is 20.5. The van der Waals surface area contributed by atoms with Crippen molar-refractivity contribution < 1.29 is 4.79 Å². The van der Waals surface area contributed by atoms with Crippen LogP contribution < -0.4 is 10.6 Å². The quantitative estimate of drug-likeness (QED) is 0.403. The van der Waals surface area contributed by atoms with Gasteiger partial charge in [-0.1, -0.05) is 43.3 Å². The third-order valence-electron chi connectivity index (χ3n) is 6.27. The van der Waals surface area contributed by atoms with E-state index in [1.54, 1.807) is 0 Å². The Morgan fingerprint density at radius 1 is 1.09 bits per heavy atom. The van der Waals surface area contributed by atoms with E-state index < -0.39 is 0 Å². The second kappa shape index (κ2) is 11.3. The van der Waals surface area contributed by atoms with Crippen LogP contribution in [0.3, 0.4) is 0 Å². The fourth-order valence-corrected chi connectivity index (χ4v) is 4.52. The standard InChI is InChI=1S/C28H35N5O/c1-4-9-26(34)31-22-14-12-20(13-15-22)25-18-21-19-30-28(29-16-7-8-17-33(2)3)32-27(21)24-11-6-5-10-23(24)25/h5-6,10-15,19,25H,4,7-9,16-18H2,1-3H3,(H,31,34)(H,29,30,32). The van der Waals surface area contributed by atoms with Gasteiger partial charge in [0, 0.05) is 36.3 Å². The molecule has 1 amide bonds. The van der Waals surface area contributed by atoms with E-state index in [0.717, 1.165) is 50.2 Å². The lowest BCUT2D eigenvalue weighted by Gasteiger charge is -2.27. The molecule has 1 aliphatic carbocycles.